The average Bonchev–Trinajstić information content (AvgIpc) is 2.65. The first kappa shape index (κ1) is 19.9. The standard InChI is InChI=1S/C22H35NO2/c1-3-5-7-8-9-18-11-13-19(14-12-18)22(24)25-21-16-15-20(23-17-21)10-6-4-2/h15-19H,3-14H2,1-2H3. The van der Waals surface area contributed by atoms with Crippen LogP contribution < -0.4 is 4.74 Å². The van der Waals surface area contributed by atoms with Gasteiger partial charge in [-0.2, -0.15) is 0 Å². The average molecular weight is 346 g/mol. The van der Waals surface area contributed by atoms with Crippen molar-refractivity contribution in [2.45, 2.75) is 90.9 Å². The maximum Gasteiger partial charge on any atom is 0.314 e. The molecule has 1 aromatic rings. The minimum Gasteiger partial charge on any atom is -0.425 e. The Morgan fingerprint density at radius 1 is 1.04 bits per heavy atom. The Balaban J connectivity index is 1.69. The summed E-state index contributed by atoms with van der Waals surface area (Å²) in [6.45, 7) is 4.43. The summed E-state index contributed by atoms with van der Waals surface area (Å²) in [5.74, 6) is 1.42. The highest BCUT2D eigenvalue weighted by Gasteiger charge is 2.27. The first-order valence-corrected chi connectivity index (χ1v) is 10.4. The van der Waals surface area contributed by atoms with Gasteiger partial charge in [-0.25, -0.2) is 0 Å². The van der Waals surface area contributed by atoms with Crippen molar-refractivity contribution >= 4 is 5.97 Å². The fourth-order valence-electron chi connectivity index (χ4n) is 3.72. The quantitative estimate of drug-likeness (QED) is 0.379. The highest BCUT2D eigenvalue weighted by atomic mass is 16.5. The van der Waals surface area contributed by atoms with Gasteiger partial charge in [0.05, 0.1) is 12.1 Å². The molecule has 0 unspecified atom stereocenters. The highest BCUT2D eigenvalue weighted by molar-refractivity contribution is 5.75. The molecule has 25 heavy (non-hydrogen) atoms. The molecule has 0 radical (unpaired) electrons. The number of esters is 1. The lowest BCUT2D eigenvalue weighted by molar-refractivity contribution is -0.140. The Hall–Kier alpha value is -1.38. The number of nitrogens with zero attached hydrogens (tertiary/aromatic N) is 1. The zero-order valence-electron chi connectivity index (χ0n) is 16.1. The van der Waals surface area contributed by atoms with E-state index in [0.29, 0.717) is 5.75 Å². The summed E-state index contributed by atoms with van der Waals surface area (Å²) in [4.78, 5) is 16.8. The monoisotopic (exact) mass is 345 g/mol. The molecule has 1 heterocycles. The number of rotatable bonds is 10. The summed E-state index contributed by atoms with van der Waals surface area (Å²) in [5, 5.41) is 0. The van der Waals surface area contributed by atoms with Crippen LogP contribution in [0.5, 0.6) is 5.75 Å². The van der Waals surface area contributed by atoms with Gasteiger partial charge in [-0.3, -0.25) is 9.78 Å². The van der Waals surface area contributed by atoms with Gasteiger partial charge in [0.2, 0.25) is 0 Å². The van der Waals surface area contributed by atoms with Crippen molar-refractivity contribution in [1.82, 2.24) is 4.98 Å². The Morgan fingerprint density at radius 2 is 1.80 bits per heavy atom. The van der Waals surface area contributed by atoms with E-state index in [1.807, 2.05) is 12.1 Å². The van der Waals surface area contributed by atoms with E-state index >= 15 is 0 Å². The number of carbonyl (C=O) groups excluding carboxylic acids is 1. The Labute approximate surface area is 153 Å². The number of hydrogen-bond donors (Lipinski definition) is 0. The molecule has 1 fully saturated rings. The Morgan fingerprint density at radius 3 is 2.44 bits per heavy atom. The molecular weight excluding hydrogens is 310 g/mol. The third-order valence-corrected chi connectivity index (χ3v) is 5.45. The van der Waals surface area contributed by atoms with Crippen molar-refractivity contribution in [2.24, 2.45) is 11.8 Å². The molecule has 140 valence electrons. The maximum absolute atomic E-state index is 12.4. The van der Waals surface area contributed by atoms with Crippen LogP contribution in [0.2, 0.25) is 0 Å². The lowest BCUT2D eigenvalue weighted by Gasteiger charge is -2.27. The fourth-order valence-corrected chi connectivity index (χ4v) is 3.72. The van der Waals surface area contributed by atoms with Crippen LogP contribution in [0.1, 0.15) is 90.2 Å². The van der Waals surface area contributed by atoms with Gasteiger partial charge in [0.25, 0.3) is 0 Å². The molecule has 0 N–H and O–H groups in total. The lowest BCUT2D eigenvalue weighted by Crippen LogP contribution is -2.25. The van der Waals surface area contributed by atoms with E-state index in [9.17, 15) is 4.79 Å². The molecule has 0 amide bonds. The van der Waals surface area contributed by atoms with Gasteiger partial charge in [-0.05, 0) is 56.6 Å². The van der Waals surface area contributed by atoms with Crippen molar-refractivity contribution in [3.63, 3.8) is 0 Å². The van der Waals surface area contributed by atoms with Crippen LogP contribution in [0.3, 0.4) is 0 Å². The highest BCUT2D eigenvalue weighted by Crippen LogP contribution is 2.33. The van der Waals surface area contributed by atoms with E-state index in [1.165, 1.54) is 51.4 Å². The van der Waals surface area contributed by atoms with Crippen LogP contribution in [0.25, 0.3) is 0 Å². The van der Waals surface area contributed by atoms with Crippen molar-refractivity contribution < 1.29 is 9.53 Å². The van der Waals surface area contributed by atoms with Gasteiger partial charge in [0.15, 0.2) is 0 Å². The van der Waals surface area contributed by atoms with E-state index in [2.05, 4.69) is 18.8 Å². The second-order valence-electron chi connectivity index (χ2n) is 7.58. The van der Waals surface area contributed by atoms with Crippen LogP contribution in [0, 0.1) is 11.8 Å². The summed E-state index contributed by atoms with van der Waals surface area (Å²) in [6.07, 6.45) is 16.0. The van der Waals surface area contributed by atoms with Crippen LogP contribution in [0.4, 0.5) is 0 Å². The number of carbonyl (C=O) groups is 1. The summed E-state index contributed by atoms with van der Waals surface area (Å²) >= 11 is 0. The van der Waals surface area contributed by atoms with Gasteiger partial charge in [0, 0.05) is 5.69 Å². The summed E-state index contributed by atoms with van der Waals surface area (Å²) in [5.41, 5.74) is 1.07. The third-order valence-electron chi connectivity index (χ3n) is 5.45. The van der Waals surface area contributed by atoms with Crippen molar-refractivity contribution in [3.05, 3.63) is 24.0 Å². The predicted octanol–water partition coefficient (Wildman–Crippen LogP) is 6.11. The van der Waals surface area contributed by atoms with Crippen molar-refractivity contribution in [1.29, 1.82) is 0 Å². The van der Waals surface area contributed by atoms with Gasteiger partial charge in [-0.1, -0.05) is 52.4 Å². The van der Waals surface area contributed by atoms with Crippen LogP contribution in [-0.4, -0.2) is 11.0 Å². The van der Waals surface area contributed by atoms with Crippen molar-refractivity contribution in [3.8, 4) is 5.75 Å². The van der Waals surface area contributed by atoms with Gasteiger partial charge in [-0.15, -0.1) is 0 Å². The van der Waals surface area contributed by atoms with E-state index in [0.717, 1.165) is 37.3 Å². The molecule has 1 aromatic heterocycles. The number of aromatic nitrogens is 1. The van der Waals surface area contributed by atoms with Crippen LogP contribution >= 0.6 is 0 Å². The minimum absolute atomic E-state index is 0.0625. The second-order valence-corrected chi connectivity index (χ2v) is 7.58. The molecule has 2 rings (SSSR count). The molecule has 0 atom stereocenters. The molecule has 0 aliphatic heterocycles. The molecule has 3 heteroatoms. The fraction of sp³-hybridized carbons (Fsp3) is 0.727. The topological polar surface area (TPSA) is 39.2 Å². The number of hydrogen-bond acceptors (Lipinski definition) is 3. The zero-order valence-corrected chi connectivity index (χ0v) is 16.1. The molecule has 0 bridgehead atoms. The number of aryl methyl sites for hydroxylation is 1. The first-order chi connectivity index (χ1) is 12.2. The molecular formula is C22H35NO2. The Bertz CT molecular complexity index is 489. The maximum atomic E-state index is 12.4. The molecule has 1 aliphatic rings. The van der Waals surface area contributed by atoms with E-state index in [1.54, 1.807) is 6.20 Å². The lowest BCUT2D eigenvalue weighted by atomic mass is 9.80. The molecule has 0 saturated heterocycles. The smallest absolute Gasteiger partial charge is 0.314 e. The van der Waals surface area contributed by atoms with Gasteiger partial charge < -0.3 is 4.74 Å². The van der Waals surface area contributed by atoms with E-state index in [-0.39, 0.29) is 11.9 Å². The number of pyridine rings is 1. The minimum atomic E-state index is -0.0625. The van der Waals surface area contributed by atoms with Gasteiger partial charge >= 0.3 is 5.97 Å². The molecule has 0 spiro atoms. The van der Waals surface area contributed by atoms with E-state index in [4.69, 9.17) is 4.74 Å². The van der Waals surface area contributed by atoms with E-state index < -0.39 is 0 Å². The molecule has 3 nitrogen and oxygen atoms in total. The van der Waals surface area contributed by atoms with Crippen molar-refractivity contribution in [2.75, 3.05) is 0 Å². The second kappa shape index (κ2) is 11.3. The predicted molar refractivity (Wildman–Crippen MR) is 103 cm³/mol. The molecule has 1 saturated carbocycles. The van der Waals surface area contributed by atoms with Crippen LogP contribution in [0.15, 0.2) is 18.3 Å². The van der Waals surface area contributed by atoms with Gasteiger partial charge in [0.1, 0.15) is 5.75 Å². The number of unbranched alkanes of at least 4 members (excludes halogenated alkanes) is 4. The zero-order chi connectivity index (χ0) is 17.9. The largest absolute Gasteiger partial charge is 0.425 e. The molecule has 0 aromatic carbocycles. The Kier molecular flexibility index (Phi) is 8.99. The van der Waals surface area contributed by atoms with Crippen LogP contribution in [-0.2, 0) is 11.2 Å². The summed E-state index contributed by atoms with van der Waals surface area (Å²) < 4.78 is 5.56. The summed E-state index contributed by atoms with van der Waals surface area (Å²) in [6, 6.07) is 3.86. The SMILES string of the molecule is CCCCCCC1CCC(C(=O)Oc2ccc(CCCC)nc2)CC1. The normalized spacial score (nSPS) is 20.4. The molecule has 1 aliphatic carbocycles. The first-order valence-electron chi connectivity index (χ1n) is 10.4. The third kappa shape index (κ3) is 7.17. The summed E-state index contributed by atoms with van der Waals surface area (Å²) in [7, 11) is 0. The number of ether oxygens (including phenoxy) is 1.